The van der Waals surface area contributed by atoms with Crippen molar-refractivity contribution in [3.8, 4) is 28.3 Å². The lowest BCUT2D eigenvalue weighted by molar-refractivity contribution is 0.355. The van der Waals surface area contributed by atoms with Gasteiger partial charge in [-0.15, -0.1) is 0 Å². The molecule has 11 aromatic rings. The highest BCUT2D eigenvalue weighted by molar-refractivity contribution is 6.30. The molecular weight excluding hydrogens is 683 g/mol. The summed E-state index contributed by atoms with van der Waals surface area (Å²) >= 11 is 0. The van der Waals surface area contributed by atoms with Crippen LogP contribution in [0.15, 0.2) is 156 Å². The molecule has 0 bridgehead atoms. The van der Waals surface area contributed by atoms with Crippen LogP contribution < -0.4 is 0 Å². The summed E-state index contributed by atoms with van der Waals surface area (Å²) in [5.41, 5.74) is 12.2. The maximum absolute atomic E-state index is 6.70. The number of benzene rings is 8. The van der Waals surface area contributed by atoms with Crippen molar-refractivity contribution < 1.29 is 4.42 Å². The van der Waals surface area contributed by atoms with Crippen molar-refractivity contribution in [2.45, 2.75) is 37.5 Å². The molecule has 0 unspecified atom stereocenters. The van der Waals surface area contributed by atoms with Crippen LogP contribution in [0, 0.1) is 0 Å². The van der Waals surface area contributed by atoms with Crippen molar-refractivity contribution in [3.05, 3.63) is 163 Å². The van der Waals surface area contributed by atoms with E-state index in [0.717, 1.165) is 56.9 Å². The Labute approximate surface area is 322 Å². The molecule has 0 aliphatic heterocycles. The van der Waals surface area contributed by atoms with E-state index in [1.54, 1.807) is 0 Å². The molecule has 1 fully saturated rings. The normalized spacial score (nSPS) is 14.9. The molecule has 2 aliphatic carbocycles. The molecule has 264 valence electrons. The predicted molar refractivity (Wildman–Crippen MR) is 231 cm³/mol. The second-order valence-corrected chi connectivity index (χ2v) is 15.9. The van der Waals surface area contributed by atoms with Gasteiger partial charge in [0.25, 0.3) is 0 Å². The first kappa shape index (κ1) is 30.5. The van der Waals surface area contributed by atoms with Crippen molar-refractivity contribution in [3.63, 3.8) is 0 Å². The van der Waals surface area contributed by atoms with E-state index in [-0.39, 0.29) is 5.41 Å². The minimum absolute atomic E-state index is 0.0673. The van der Waals surface area contributed by atoms with Gasteiger partial charge in [-0.1, -0.05) is 153 Å². The molecule has 4 heteroatoms. The second kappa shape index (κ2) is 11.1. The smallest absolute Gasteiger partial charge is 0.236 e. The average Bonchev–Trinajstić information content (AvgIpc) is 3.90. The third kappa shape index (κ3) is 3.88. The number of hydrogen-bond acceptors (Lipinski definition) is 3. The molecule has 0 saturated heterocycles. The molecule has 0 radical (unpaired) electrons. The maximum atomic E-state index is 6.70. The summed E-state index contributed by atoms with van der Waals surface area (Å²) in [4.78, 5) is 11.2. The number of hydrogen-bond donors (Lipinski definition) is 0. The van der Waals surface area contributed by atoms with E-state index in [1.807, 2.05) is 12.1 Å². The Morgan fingerprint density at radius 3 is 2.04 bits per heavy atom. The fraction of sp³-hybridized carbons (Fsp3) is 0.115. The highest BCUT2D eigenvalue weighted by Crippen LogP contribution is 2.61. The molecule has 3 aromatic heterocycles. The predicted octanol–water partition coefficient (Wildman–Crippen LogP) is 13.8. The monoisotopic (exact) mass is 717 g/mol. The van der Waals surface area contributed by atoms with Crippen LogP contribution in [0.1, 0.15) is 43.2 Å². The summed E-state index contributed by atoms with van der Waals surface area (Å²) in [7, 11) is 0. The number of para-hydroxylation sites is 1. The summed E-state index contributed by atoms with van der Waals surface area (Å²) in [6.07, 6.45) is 6.03. The van der Waals surface area contributed by atoms with E-state index in [2.05, 4.69) is 144 Å². The van der Waals surface area contributed by atoms with Crippen molar-refractivity contribution in [2.24, 2.45) is 0 Å². The Kier molecular flexibility index (Phi) is 6.08. The average molecular weight is 718 g/mol. The fourth-order valence-electron chi connectivity index (χ4n) is 10.9. The summed E-state index contributed by atoms with van der Waals surface area (Å²) in [6.45, 7) is 0. The SMILES string of the molecule is c1ccc2c(c1)-c1c(c3c4c5ccccc5ccc4n(-c4nc(-c5cccc6ccccc56)c5oc6ccccc6c5n4)c3c3ccccc13)C21CCCCC1. The van der Waals surface area contributed by atoms with Crippen LogP contribution in [0.5, 0.6) is 0 Å². The first-order valence-corrected chi connectivity index (χ1v) is 20.0. The summed E-state index contributed by atoms with van der Waals surface area (Å²) in [5, 5.41) is 10.9. The van der Waals surface area contributed by atoms with Crippen LogP contribution in [0.25, 0.3) is 105 Å². The van der Waals surface area contributed by atoms with Gasteiger partial charge in [-0.05, 0) is 80.2 Å². The third-order valence-corrected chi connectivity index (χ3v) is 13.2. The quantitative estimate of drug-likeness (QED) is 0.179. The first-order chi connectivity index (χ1) is 27.8. The molecule has 3 heterocycles. The molecule has 13 rings (SSSR count). The van der Waals surface area contributed by atoms with Crippen LogP contribution in [-0.4, -0.2) is 14.5 Å². The van der Waals surface area contributed by atoms with E-state index in [1.165, 1.54) is 79.4 Å². The Balaban J connectivity index is 1.27. The largest absolute Gasteiger partial charge is 0.452 e. The molecule has 4 nitrogen and oxygen atoms in total. The highest BCUT2D eigenvalue weighted by Gasteiger charge is 2.46. The molecule has 8 aromatic carbocycles. The Bertz CT molecular complexity index is 3470. The standard InChI is InChI=1S/C52H35N3O/c1-12-29-52(30-13-1)40-25-10-8-22-38(40)43-35-20-6-7-21-37(35)49-45(46(43)52)44-34-19-5-3-16-32(34)27-28-41(44)55(49)51-53-47(36-24-14-17-31-15-2-4-18-33(31)36)50-48(54-51)39-23-9-11-26-42(39)56-50/h2-11,14-28H,1,12-13,29-30H2. The fourth-order valence-corrected chi connectivity index (χ4v) is 10.9. The van der Waals surface area contributed by atoms with Gasteiger partial charge in [0.05, 0.1) is 11.0 Å². The van der Waals surface area contributed by atoms with Gasteiger partial charge in [-0.2, -0.15) is 0 Å². The maximum Gasteiger partial charge on any atom is 0.236 e. The molecule has 0 atom stereocenters. The highest BCUT2D eigenvalue weighted by atomic mass is 16.3. The van der Waals surface area contributed by atoms with E-state index in [4.69, 9.17) is 14.4 Å². The second-order valence-electron chi connectivity index (χ2n) is 15.9. The van der Waals surface area contributed by atoms with Crippen molar-refractivity contribution in [1.29, 1.82) is 0 Å². The van der Waals surface area contributed by atoms with Gasteiger partial charge in [-0.3, -0.25) is 4.57 Å². The van der Waals surface area contributed by atoms with Gasteiger partial charge >= 0.3 is 0 Å². The molecule has 0 amide bonds. The van der Waals surface area contributed by atoms with Crippen molar-refractivity contribution in [1.82, 2.24) is 14.5 Å². The zero-order chi connectivity index (χ0) is 36.5. The molecule has 56 heavy (non-hydrogen) atoms. The van der Waals surface area contributed by atoms with Gasteiger partial charge in [0.15, 0.2) is 5.58 Å². The topological polar surface area (TPSA) is 43.9 Å². The van der Waals surface area contributed by atoms with E-state index >= 15 is 0 Å². The lowest BCUT2D eigenvalue weighted by Gasteiger charge is -2.36. The number of aromatic nitrogens is 3. The van der Waals surface area contributed by atoms with Crippen LogP contribution in [0.2, 0.25) is 0 Å². The lowest BCUT2D eigenvalue weighted by atomic mass is 9.66. The van der Waals surface area contributed by atoms with Crippen LogP contribution >= 0.6 is 0 Å². The molecule has 2 aliphatic rings. The van der Waals surface area contributed by atoms with Crippen molar-refractivity contribution in [2.75, 3.05) is 0 Å². The number of nitrogens with zero attached hydrogens (tertiary/aromatic N) is 3. The van der Waals surface area contributed by atoms with Crippen LogP contribution in [0.4, 0.5) is 0 Å². The molecular formula is C52H35N3O. The zero-order valence-electron chi connectivity index (χ0n) is 30.7. The molecule has 1 spiro atoms. The van der Waals surface area contributed by atoms with Gasteiger partial charge < -0.3 is 4.42 Å². The van der Waals surface area contributed by atoms with Gasteiger partial charge in [0.2, 0.25) is 5.95 Å². The first-order valence-electron chi connectivity index (χ1n) is 20.0. The molecule has 1 saturated carbocycles. The lowest BCUT2D eigenvalue weighted by Crippen LogP contribution is -2.28. The van der Waals surface area contributed by atoms with Crippen LogP contribution in [-0.2, 0) is 5.41 Å². The molecule has 0 N–H and O–H groups in total. The van der Waals surface area contributed by atoms with E-state index in [9.17, 15) is 0 Å². The summed E-state index contributed by atoms with van der Waals surface area (Å²) in [6, 6.07) is 55.1. The van der Waals surface area contributed by atoms with E-state index < -0.39 is 0 Å². The number of furan rings is 1. The van der Waals surface area contributed by atoms with Gasteiger partial charge in [0, 0.05) is 32.5 Å². The Morgan fingerprint density at radius 2 is 1.18 bits per heavy atom. The van der Waals surface area contributed by atoms with Crippen LogP contribution in [0.3, 0.4) is 0 Å². The number of fused-ring (bicyclic) bond motifs is 18. The summed E-state index contributed by atoms with van der Waals surface area (Å²) < 4.78 is 9.10. The van der Waals surface area contributed by atoms with Crippen molar-refractivity contribution >= 4 is 76.2 Å². The van der Waals surface area contributed by atoms with Gasteiger partial charge in [-0.25, -0.2) is 9.97 Å². The Morgan fingerprint density at radius 1 is 0.518 bits per heavy atom. The third-order valence-electron chi connectivity index (χ3n) is 13.2. The minimum atomic E-state index is -0.0673. The summed E-state index contributed by atoms with van der Waals surface area (Å²) in [5.74, 6) is 0.653. The Hall–Kier alpha value is -6.78. The minimum Gasteiger partial charge on any atom is -0.452 e. The van der Waals surface area contributed by atoms with Gasteiger partial charge in [0.1, 0.15) is 16.8 Å². The zero-order valence-corrected chi connectivity index (χ0v) is 30.7. The number of rotatable bonds is 2. The van der Waals surface area contributed by atoms with E-state index in [0.29, 0.717) is 11.5 Å².